The second kappa shape index (κ2) is 14.1. The highest BCUT2D eigenvalue weighted by atomic mass is 16.5. The molecule has 9 heteroatoms. The summed E-state index contributed by atoms with van der Waals surface area (Å²) >= 11 is 0. The van der Waals surface area contributed by atoms with Crippen molar-refractivity contribution in [2.45, 2.75) is 24.9 Å². The molecule has 0 bridgehead atoms. The Morgan fingerprint density at radius 2 is 1.12 bits per heavy atom. The minimum Gasteiger partial charge on any atom is -0.497 e. The van der Waals surface area contributed by atoms with Gasteiger partial charge in [0.05, 0.1) is 53.8 Å². The van der Waals surface area contributed by atoms with Gasteiger partial charge in [0.1, 0.15) is 17.2 Å². The summed E-state index contributed by atoms with van der Waals surface area (Å²) < 4.78 is 40.4. The molecule has 8 rings (SSSR count). The zero-order valence-electron chi connectivity index (χ0n) is 33.1. The molecule has 0 unspecified atom stereocenters. The van der Waals surface area contributed by atoms with Gasteiger partial charge in [-0.25, -0.2) is 9.59 Å². The number of benzene rings is 6. The average molecular weight is 763 g/mol. The number of rotatable bonds is 9. The molecule has 1 heterocycles. The largest absolute Gasteiger partial charge is 0.497 e. The van der Waals surface area contributed by atoms with Crippen LogP contribution in [0.3, 0.4) is 0 Å². The van der Waals surface area contributed by atoms with Crippen LogP contribution >= 0.6 is 0 Å². The molecule has 9 nitrogen and oxygen atoms in total. The number of esters is 2. The Morgan fingerprint density at radius 3 is 1.63 bits per heavy atom. The van der Waals surface area contributed by atoms with Crippen LogP contribution in [0.4, 0.5) is 0 Å². The van der Waals surface area contributed by atoms with Crippen LogP contribution < -0.4 is 23.7 Å². The van der Waals surface area contributed by atoms with Gasteiger partial charge in [-0.2, -0.15) is 0 Å². The predicted molar refractivity (Wildman–Crippen MR) is 219 cm³/mol. The smallest absolute Gasteiger partial charge is 0.337 e. The first-order chi connectivity index (χ1) is 27.5. The average Bonchev–Trinajstić information content (AvgIpc) is 3.50. The molecular formula is C48H42O9. The number of hydrogen-bond donors (Lipinski definition) is 0. The van der Waals surface area contributed by atoms with Gasteiger partial charge in [-0.05, 0) is 106 Å². The summed E-state index contributed by atoms with van der Waals surface area (Å²) in [5.41, 5.74) is 7.49. The molecule has 0 saturated carbocycles. The highest BCUT2D eigenvalue weighted by molar-refractivity contribution is 6.10. The lowest BCUT2D eigenvalue weighted by Crippen LogP contribution is -2.35. The number of ether oxygens (including phenoxy) is 7. The first kappa shape index (κ1) is 37.2. The van der Waals surface area contributed by atoms with Crippen molar-refractivity contribution >= 4 is 28.8 Å². The van der Waals surface area contributed by atoms with E-state index in [4.69, 9.17) is 33.2 Å². The molecule has 0 spiro atoms. The van der Waals surface area contributed by atoms with Crippen molar-refractivity contribution in [1.29, 1.82) is 0 Å². The van der Waals surface area contributed by atoms with Crippen molar-refractivity contribution in [3.8, 4) is 51.0 Å². The van der Waals surface area contributed by atoms with Crippen molar-refractivity contribution in [3.05, 3.63) is 142 Å². The van der Waals surface area contributed by atoms with Crippen molar-refractivity contribution in [1.82, 2.24) is 0 Å². The fourth-order valence-electron chi connectivity index (χ4n) is 8.41. The van der Waals surface area contributed by atoms with Crippen LogP contribution in [0.1, 0.15) is 62.4 Å². The van der Waals surface area contributed by atoms with Crippen molar-refractivity contribution < 1.29 is 42.7 Å². The molecule has 1 aliphatic heterocycles. The van der Waals surface area contributed by atoms with Crippen molar-refractivity contribution in [3.63, 3.8) is 0 Å². The SMILES string of the molecule is COC(=O)c1cc(C(=O)OC)cc(-c2ccc3c(c2)C(C)(C)c2c4c(c5cc(OC)c(OC)cc5c2-3)OC(c2ccc(OC)cc2)(c2ccc(OC)cc2)C=C4)c1. The summed E-state index contributed by atoms with van der Waals surface area (Å²) in [6, 6.07) is 31.1. The maximum atomic E-state index is 12.7. The predicted octanol–water partition coefficient (Wildman–Crippen LogP) is 9.77. The standard InChI is InChI=1S/C48H42O9/c1-47(2)39-24-27(28-21-29(45(49)55-7)23-30(22-28)46(50)56-8)9-18-35(39)42-37-25-40(53-5)41(54-6)26-38(37)44-36(43(42)47)19-20-48(57-44,31-10-14-33(51-3)15-11-31)32-12-16-34(52-4)17-13-32/h9-26H,1-8H3. The van der Waals surface area contributed by atoms with Gasteiger partial charge in [0, 0.05) is 27.5 Å². The molecule has 0 radical (unpaired) electrons. The second-order valence-electron chi connectivity index (χ2n) is 14.5. The molecule has 0 fully saturated rings. The molecule has 57 heavy (non-hydrogen) atoms. The van der Waals surface area contributed by atoms with E-state index >= 15 is 0 Å². The van der Waals surface area contributed by atoms with Crippen LogP contribution in [0.2, 0.25) is 0 Å². The van der Waals surface area contributed by atoms with E-state index in [1.54, 1.807) is 40.6 Å². The zero-order valence-corrected chi connectivity index (χ0v) is 33.1. The number of carbonyl (C=O) groups is 2. The summed E-state index contributed by atoms with van der Waals surface area (Å²) in [7, 11) is 9.19. The second-order valence-corrected chi connectivity index (χ2v) is 14.5. The van der Waals surface area contributed by atoms with Gasteiger partial charge in [0.2, 0.25) is 0 Å². The van der Waals surface area contributed by atoms with Crippen LogP contribution in [0.25, 0.3) is 39.1 Å². The molecule has 1 aliphatic carbocycles. The van der Waals surface area contributed by atoms with E-state index in [1.807, 2.05) is 66.7 Å². The van der Waals surface area contributed by atoms with E-state index in [9.17, 15) is 9.59 Å². The maximum Gasteiger partial charge on any atom is 0.337 e. The highest BCUT2D eigenvalue weighted by Crippen LogP contribution is 2.59. The molecule has 0 aromatic heterocycles. The third-order valence-corrected chi connectivity index (χ3v) is 11.3. The van der Waals surface area contributed by atoms with E-state index in [1.165, 1.54) is 20.3 Å². The Labute approximate surface area is 331 Å². The first-order valence-corrected chi connectivity index (χ1v) is 18.4. The number of carbonyl (C=O) groups excluding carboxylic acids is 2. The normalized spacial score (nSPS) is 14.1. The fourth-order valence-corrected chi connectivity index (χ4v) is 8.41. The van der Waals surface area contributed by atoms with Gasteiger partial charge in [-0.1, -0.05) is 56.3 Å². The third-order valence-electron chi connectivity index (χ3n) is 11.3. The van der Waals surface area contributed by atoms with E-state index in [-0.39, 0.29) is 11.1 Å². The van der Waals surface area contributed by atoms with Gasteiger partial charge in [-0.3, -0.25) is 0 Å². The topological polar surface area (TPSA) is 98.8 Å². The van der Waals surface area contributed by atoms with Gasteiger partial charge in [0.15, 0.2) is 17.1 Å². The van der Waals surface area contributed by atoms with Crippen molar-refractivity contribution in [2.75, 3.05) is 42.7 Å². The maximum absolute atomic E-state index is 12.7. The molecule has 2 aliphatic rings. The van der Waals surface area contributed by atoms with E-state index in [0.29, 0.717) is 22.8 Å². The lowest BCUT2D eigenvalue weighted by atomic mass is 9.76. The quantitative estimate of drug-likeness (QED) is 0.133. The lowest BCUT2D eigenvalue weighted by Gasteiger charge is -2.38. The first-order valence-electron chi connectivity index (χ1n) is 18.4. The lowest BCUT2D eigenvalue weighted by molar-refractivity contribution is 0.0599. The summed E-state index contributed by atoms with van der Waals surface area (Å²) in [6.45, 7) is 4.42. The molecule has 288 valence electrons. The van der Waals surface area contributed by atoms with Crippen LogP contribution in [0.5, 0.6) is 28.7 Å². The molecule has 0 N–H and O–H groups in total. The monoisotopic (exact) mass is 762 g/mol. The molecule has 6 aromatic carbocycles. The van der Waals surface area contributed by atoms with E-state index < -0.39 is 23.0 Å². The summed E-state index contributed by atoms with van der Waals surface area (Å²) in [5.74, 6) is 2.24. The minimum atomic E-state index is -1.02. The summed E-state index contributed by atoms with van der Waals surface area (Å²) in [4.78, 5) is 25.4. The van der Waals surface area contributed by atoms with Crippen LogP contribution in [0, 0.1) is 0 Å². The van der Waals surface area contributed by atoms with Gasteiger partial charge in [-0.15, -0.1) is 0 Å². The Bertz CT molecular complexity index is 2540. The highest BCUT2D eigenvalue weighted by Gasteiger charge is 2.45. The van der Waals surface area contributed by atoms with Crippen LogP contribution in [0.15, 0.2) is 103 Å². The molecular weight excluding hydrogens is 721 g/mol. The number of hydrogen-bond acceptors (Lipinski definition) is 9. The summed E-state index contributed by atoms with van der Waals surface area (Å²) in [5, 5.41) is 1.80. The van der Waals surface area contributed by atoms with Crippen molar-refractivity contribution in [2.24, 2.45) is 0 Å². The molecule has 0 atom stereocenters. The Kier molecular flexibility index (Phi) is 9.19. The molecule has 0 amide bonds. The van der Waals surface area contributed by atoms with E-state index in [2.05, 4.69) is 38.1 Å². The Hall–Kier alpha value is -6.74. The van der Waals surface area contributed by atoms with Crippen LogP contribution in [-0.2, 0) is 20.5 Å². The van der Waals surface area contributed by atoms with Gasteiger partial charge < -0.3 is 33.2 Å². The minimum absolute atomic E-state index is 0.249. The van der Waals surface area contributed by atoms with Gasteiger partial charge in [0.25, 0.3) is 0 Å². The van der Waals surface area contributed by atoms with Gasteiger partial charge >= 0.3 is 11.9 Å². The number of methoxy groups -OCH3 is 6. The third kappa shape index (κ3) is 5.84. The zero-order chi connectivity index (χ0) is 40.2. The summed E-state index contributed by atoms with van der Waals surface area (Å²) in [6.07, 6.45) is 4.31. The number of fused-ring (bicyclic) bond motifs is 8. The Morgan fingerprint density at radius 1 is 0.579 bits per heavy atom. The van der Waals surface area contributed by atoms with Crippen LogP contribution in [-0.4, -0.2) is 54.6 Å². The Balaban J connectivity index is 1.38. The fraction of sp³-hybridized carbons (Fsp3) is 0.208. The van der Waals surface area contributed by atoms with E-state index in [0.717, 1.165) is 66.8 Å². The molecule has 6 aromatic rings. The molecule has 0 saturated heterocycles.